The highest BCUT2D eigenvalue weighted by Gasteiger charge is 2.32. The van der Waals surface area contributed by atoms with Gasteiger partial charge in [0.15, 0.2) is 0 Å². The van der Waals surface area contributed by atoms with Crippen LogP contribution in [0.1, 0.15) is 45.4 Å². The van der Waals surface area contributed by atoms with E-state index >= 15 is 0 Å². The first-order chi connectivity index (χ1) is 9.22. The van der Waals surface area contributed by atoms with Crippen LogP contribution in [-0.4, -0.2) is 48.2 Å². The number of rotatable bonds is 4. The standard InChI is InChI=1S/C15H28N2O2/c1-12-9-13(11-16-10-12)15(19)17(7-8-18)14-5-3-2-4-6-14/h12-14,16,18H,2-11H2,1H3. The summed E-state index contributed by atoms with van der Waals surface area (Å²) in [4.78, 5) is 14.7. The molecule has 0 aromatic heterocycles. The molecule has 1 aliphatic carbocycles. The van der Waals surface area contributed by atoms with E-state index in [-0.39, 0.29) is 18.4 Å². The van der Waals surface area contributed by atoms with Crippen molar-refractivity contribution in [1.29, 1.82) is 0 Å². The predicted octanol–water partition coefficient (Wildman–Crippen LogP) is 1.39. The van der Waals surface area contributed by atoms with Gasteiger partial charge in [-0.3, -0.25) is 4.79 Å². The smallest absolute Gasteiger partial charge is 0.227 e. The van der Waals surface area contributed by atoms with Crippen molar-refractivity contribution < 1.29 is 9.90 Å². The molecule has 0 aromatic carbocycles. The summed E-state index contributed by atoms with van der Waals surface area (Å²) in [5, 5.41) is 12.6. The number of carbonyl (C=O) groups is 1. The summed E-state index contributed by atoms with van der Waals surface area (Å²) in [7, 11) is 0. The molecule has 2 aliphatic rings. The molecule has 0 radical (unpaired) electrons. The SMILES string of the molecule is CC1CNCC(C(=O)N(CCO)C2CCCCC2)C1. The van der Waals surface area contributed by atoms with Gasteiger partial charge in [0.25, 0.3) is 0 Å². The second kappa shape index (κ2) is 7.25. The number of nitrogens with one attached hydrogen (secondary N) is 1. The average molecular weight is 268 g/mol. The molecule has 2 unspecified atom stereocenters. The molecule has 1 saturated carbocycles. The highest BCUT2D eigenvalue weighted by atomic mass is 16.3. The van der Waals surface area contributed by atoms with Gasteiger partial charge < -0.3 is 15.3 Å². The maximum Gasteiger partial charge on any atom is 0.227 e. The lowest BCUT2D eigenvalue weighted by molar-refractivity contribution is -0.140. The van der Waals surface area contributed by atoms with Crippen LogP contribution in [0, 0.1) is 11.8 Å². The van der Waals surface area contributed by atoms with Gasteiger partial charge in [0.05, 0.1) is 12.5 Å². The number of amides is 1. The Bertz CT molecular complexity index is 290. The number of carbonyl (C=O) groups excluding carboxylic acids is 1. The molecule has 1 aliphatic heterocycles. The normalized spacial score (nSPS) is 29.2. The van der Waals surface area contributed by atoms with Crippen molar-refractivity contribution in [2.45, 2.75) is 51.5 Å². The van der Waals surface area contributed by atoms with Crippen LogP contribution in [0.15, 0.2) is 0 Å². The monoisotopic (exact) mass is 268 g/mol. The van der Waals surface area contributed by atoms with Crippen LogP contribution in [0.25, 0.3) is 0 Å². The van der Waals surface area contributed by atoms with Crippen LogP contribution in [0.3, 0.4) is 0 Å². The Hall–Kier alpha value is -0.610. The summed E-state index contributed by atoms with van der Waals surface area (Å²) in [5.41, 5.74) is 0. The summed E-state index contributed by atoms with van der Waals surface area (Å²) in [6.07, 6.45) is 6.95. The molecule has 2 rings (SSSR count). The summed E-state index contributed by atoms with van der Waals surface area (Å²) in [5.74, 6) is 0.947. The molecule has 1 saturated heterocycles. The van der Waals surface area contributed by atoms with Crippen LogP contribution in [0.5, 0.6) is 0 Å². The highest BCUT2D eigenvalue weighted by molar-refractivity contribution is 5.79. The third-order valence-electron chi connectivity index (χ3n) is 4.56. The van der Waals surface area contributed by atoms with E-state index in [2.05, 4.69) is 12.2 Å². The van der Waals surface area contributed by atoms with E-state index in [0.717, 1.165) is 32.4 Å². The third-order valence-corrected chi connectivity index (χ3v) is 4.56. The fourth-order valence-corrected chi connectivity index (χ4v) is 3.55. The Labute approximate surface area is 116 Å². The molecule has 2 fully saturated rings. The summed E-state index contributed by atoms with van der Waals surface area (Å²) < 4.78 is 0. The van der Waals surface area contributed by atoms with Crippen LogP contribution >= 0.6 is 0 Å². The minimum atomic E-state index is 0.0813. The first-order valence-electron chi connectivity index (χ1n) is 7.84. The van der Waals surface area contributed by atoms with E-state index in [1.165, 1.54) is 19.3 Å². The van der Waals surface area contributed by atoms with E-state index in [0.29, 0.717) is 18.5 Å². The lowest BCUT2D eigenvalue weighted by Crippen LogP contribution is -2.50. The molecular weight excluding hydrogens is 240 g/mol. The van der Waals surface area contributed by atoms with Gasteiger partial charge in [-0.25, -0.2) is 0 Å². The fourth-order valence-electron chi connectivity index (χ4n) is 3.55. The zero-order chi connectivity index (χ0) is 13.7. The lowest BCUT2D eigenvalue weighted by Gasteiger charge is -2.38. The predicted molar refractivity (Wildman–Crippen MR) is 75.8 cm³/mol. The van der Waals surface area contributed by atoms with Gasteiger partial charge in [0.1, 0.15) is 0 Å². The van der Waals surface area contributed by atoms with Crippen molar-refractivity contribution in [2.24, 2.45) is 11.8 Å². The zero-order valence-corrected chi connectivity index (χ0v) is 12.1. The summed E-state index contributed by atoms with van der Waals surface area (Å²) in [6.45, 7) is 4.61. The lowest BCUT2D eigenvalue weighted by atomic mass is 9.88. The maximum atomic E-state index is 12.7. The van der Waals surface area contributed by atoms with E-state index in [4.69, 9.17) is 0 Å². The van der Waals surface area contributed by atoms with Gasteiger partial charge >= 0.3 is 0 Å². The number of piperidine rings is 1. The molecule has 2 N–H and O–H groups in total. The Morgan fingerprint density at radius 3 is 2.63 bits per heavy atom. The molecule has 1 amide bonds. The van der Waals surface area contributed by atoms with Crippen LogP contribution < -0.4 is 5.32 Å². The van der Waals surface area contributed by atoms with Crippen molar-refractivity contribution in [3.8, 4) is 0 Å². The van der Waals surface area contributed by atoms with Gasteiger partial charge in [-0.2, -0.15) is 0 Å². The van der Waals surface area contributed by atoms with Gasteiger partial charge in [-0.1, -0.05) is 26.2 Å². The Balaban J connectivity index is 1.98. The molecule has 0 spiro atoms. The van der Waals surface area contributed by atoms with E-state index in [1.54, 1.807) is 0 Å². The first-order valence-corrected chi connectivity index (χ1v) is 7.84. The maximum absolute atomic E-state index is 12.7. The van der Waals surface area contributed by atoms with Crippen LogP contribution in [0.4, 0.5) is 0 Å². The largest absolute Gasteiger partial charge is 0.395 e. The molecule has 4 nitrogen and oxygen atoms in total. The minimum Gasteiger partial charge on any atom is -0.395 e. The summed E-state index contributed by atoms with van der Waals surface area (Å²) >= 11 is 0. The Kier molecular flexibility index (Phi) is 5.64. The average Bonchev–Trinajstić information content (AvgIpc) is 2.45. The Morgan fingerprint density at radius 2 is 2.00 bits per heavy atom. The number of aliphatic hydroxyl groups is 1. The van der Waals surface area contributed by atoms with Gasteiger partial charge in [0, 0.05) is 19.1 Å². The number of aliphatic hydroxyl groups excluding tert-OH is 1. The van der Waals surface area contributed by atoms with Crippen molar-refractivity contribution in [3.63, 3.8) is 0 Å². The molecule has 0 aromatic rings. The second-order valence-electron chi connectivity index (χ2n) is 6.24. The molecule has 4 heteroatoms. The molecule has 19 heavy (non-hydrogen) atoms. The van der Waals surface area contributed by atoms with E-state index in [9.17, 15) is 9.90 Å². The third kappa shape index (κ3) is 3.93. The van der Waals surface area contributed by atoms with E-state index in [1.807, 2.05) is 4.90 Å². The van der Waals surface area contributed by atoms with Crippen molar-refractivity contribution in [3.05, 3.63) is 0 Å². The Morgan fingerprint density at radius 1 is 1.26 bits per heavy atom. The number of hydrogen-bond donors (Lipinski definition) is 2. The number of nitrogens with zero attached hydrogens (tertiary/aromatic N) is 1. The van der Waals surface area contributed by atoms with E-state index < -0.39 is 0 Å². The molecule has 2 atom stereocenters. The van der Waals surface area contributed by atoms with Gasteiger partial charge in [-0.15, -0.1) is 0 Å². The first kappa shape index (κ1) is 14.8. The zero-order valence-electron chi connectivity index (χ0n) is 12.1. The van der Waals surface area contributed by atoms with Crippen molar-refractivity contribution in [2.75, 3.05) is 26.2 Å². The quantitative estimate of drug-likeness (QED) is 0.810. The minimum absolute atomic E-state index is 0.0813. The van der Waals surface area contributed by atoms with Gasteiger partial charge in [-0.05, 0) is 31.7 Å². The van der Waals surface area contributed by atoms with Gasteiger partial charge in [0.2, 0.25) is 5.91 Å². The molecule has 1 heterocycles. The molecular formula is C15H28N2O2. The topological polar surface area (TPSA) is 52.6 Å². The molecule has 110 valence electrons. The number of hydrogen-bond acceptors (Lipinski definition) is 3. The summed E-state index contributed by atoms with van der Waals surface area (Å²) in [6, 6.07) is 0.366. The fraction of sp³-hybridized carbons (Fsp3) is 0.933. The molecule has 0 bridgehead atoms. The van der Waals surface area contributed by atoms with Crippen LogP contribution in [-0.2, 0) is 4.79 Å². The highest BCUT2D eigenvalue weighted by Crippen LogP contribution is 2.26. The van der Waals surface area contributed by atoms with Crippen LogP contribution in [0.2, 0.25) is 0 Å². The van der Waals surface area contributed by atoms with Crippen molar-refractivity contribution >= 4 is 5.91 Å². The van der Waals surface area contributed by atoms with Crippen molar-refractivity contribution in [1.82, 2.24) is 10.2 Å². The second-order valence-corrected chi connectivity index (χ2v) is 6.24.